The molecule has 1 N–H and O–H groups in total. The van der Waals surface area contributed by atoms with E-state index < -0.39 is 16.9 Å². The summed E-state index contributed by atoms with van der Waals surface area (Å²) in [6, 6.07) is 12.4. The van der Waals surface area contributed by atoms with Gasteiger partial charge in [-0.15, -0.1) is 0 Å². The number of rotatable bonds is 7. The highest BCUT2D eigenvalue weighted by Gasteiger charge is 2.20. The van der Waals surface area contributed by atoms with Gasteiger partial charge in [-0.25, -0.2) is 0 Å². The molecule has 2 rings (SSSR count). The number of hydrogen-bond donors (Lipinski definition) is 1. The summed E-state index contributed by atoms with van der Waals surface area (Å²) in [5, 5.41) is 13.5. The van der Waals surface area contributed by atoms with Gasteiger partial charge >= 0.3 is 0 Å². The quantitative estimate of drug-likeness (QED) is 0.471. The minimum atomic E-state index is -0.868. The first-order valence-corrected chi connectivity index (χ1v) is 7.76. The highest BCUT2D eigenvalue weighted by atomic mass is 16.6. The first-order valence-electron chi connectivity index (χ1n) is 7.76. The summed E-state index contributed by atoms with van der Waals surface area (Å²) < 4.78 is 5.52. The number of hydrogen-bond acceptors (Lipinski definition) is 5. The minimum absolute atomic E-state index is 0.0220. The lowest BCUT2D eigenvalue weighted by Gasteiger charge is -2.15. The summed E-state index contributed by atoms with van der Waals surface area (Å²) in [5.41, 5.74) is 0.495. The molecule has 7 heteroatoms. The molecule has 1 atom stereocenters. The van der Waals surface area contributed by atoms with Crippen LogP contribution in [0.5, 0.6) is 5.75 Å². The number of carbonyl (C=O) groups is 2. The maximum absolute atomic E-state index is 12.2. The number of nitro benzene ring substituents is 1. The molecule has 25 heavy (non-hydrogen) atoms. The van der Waals surface area contributed by atoms with Gasteiger partial charge in [0.05, 0.1) is 4.92 Å². The van der Waals surface area contributed by atoms with E-state index in [1.165, 1.54) is 25.1 Å². The molecule has 0 aliphatic rings. The zero-order chi connectivity index (χ0) is 18.4. The lowest BCUT2D eigenvalue weighted by Crippen LogP contribution is -2.30. The van der Waals surface area contributed by atoms with Crippen molar-refractivity contribution in [2.45, 2.75) is 26.4 Å². The zero-order valence-corrected chi connectivity index (χ0v) is 13.9. The van der Waals surface area contributed by atoms with Gasteiger partial charge in [0.1, 0.15) is 11.4 Å². The Labute approximate surface area is 144 Å². The van der Waals surface area contributed by atoms with Gasteiger partial charge in [-0.05, 0) is 37.3 Å². The molecule has 0 saturated heterocycles. The van der Waals surface area contributed by atoms with E-state index >= 15 is 0 Å². The molecule has 0 fully saturated rings. The number of Topliss-reactive ketones (excluding diaryl/α,β-unsaturated/α-hetero) is 1. The van der Waals surface area contributed by atoms with Crippen LogP contribution in [0, 0.1) is 10.1 Å². The van der Waals surface area contributed by atoms with E-state index in [0.29, 0.717) is 17.7 Å². The lowest BCUT2D eigenvalue weighted by atomic mass is 10.1. The minimum Gasteiger partial charge on any atom is -0.481 e. The number of amides is 1. The fourth-order valence-electron chi connectivity index (χ4n) is 2.15. The fourth-order valence-corrected chi connectivity index (χ4v) is 2.15. The summed E-state index contributed by atoms with van der Waals surface area (Å²) in [6.07, 6.45) is -0.456. The molecule has 0 radical (unpaired) electrons. The van der Waals surface area contributed by atoms with Gasteiger partial charge in [0.15, 0.2) is 11.9 Å². The molecule has 0 spiro atoms. The van der Waals surface area contributed by atoms with Crippen LogP contribution in [-0.4, -0.2) is 22.7 Å². The van der Waals surface area contributed by atoms with Crippen molar-refractivity contribution in [3.05, 3.63) is 64.2 Å². The van der Waals surface area contributed by atoms with Gasteiger partial charge in [-0.3, -0.25) is 19.7 Å². The van der Waals surface area contributed by atoms with Gasteiger partial charge in [0.2, 0.25) is 0 Å². The number of nitrogens with one attached hydrogen (secondary N) is 1. The van der Waals surface area contributed by atoms with Gasteiger partial charge in [0.25, 0.3) is 11.6 Å². The molecule has 0 saturated carbocycles. The summed E-state index contributed by atoms with van der Waals surface area (Å²) in [4.78, 5) is 34.2. The maximum atomic E-state index is 12.2. The number of benzene rings is 2. The van der Waals surface area contributed by atoms with E-state index in [1.54, 1.807) is 37.3 Å². The van der Waals surface area contributed by atoms with Crippen molar-refractivity contribution < 1.29 is 19.2 Å². The molecule has 7 nitrogen and oxygen atoms in total. The second-order valence-electron chi connectivity index (χ2n) is 5.32. The Bertz CT molecular complexity index is 786. The highest BCUT2D eigenvalue weighted by Crippen LogP contribution is 2.23. The van der Waals surface area contributed by atoms with Crippen LogP contribution in [0.1, 0.15) is 30.6 Å². The van der Waals surface area contributed by atoms with E-state index in [-0.39, 0.29) is 17.2 Å². The summed E-state index contributed by atoms with van der Waals surface area (Å²) in [6.45, 7) is 3.32. The molecule has 2 aromatic rings. The van der Waals surface area contributed by atoms with Crippen LogP contribution < -0.4 is 10.1 Å². The molecule has 2 aromatic carbocycles. The van der Waals surface area contributed by atoms with Crippen molar-refractivity contribution in [3.63, 3.8) is 0 Å². The van der Waals surface area contributed by atoms with Gasteiger partial charge in [0, 0.05) is 18.1 Å². The largest absolute Gasteiger partial charge is 0.481 e. The van der Waals surface area contributed by atoms with Crippen molar-refractivity contribution in [2.75, 3.05) is 5.32 Å². The van der Waals surface area contributed by atoms with Crippen LogP contribution in [0.15, 0.2) is 48.5 Å². The topological polar surface area (TPSA) is 98.5 Å². The standard InChI is InChI=1S/C18H18N2O5/c1-3-17(21)13-8-10-14(11-9-13)25-12(2)18(22)19-15-6-4-5-7-16(15)20(23)24/h4-12H,3H2,1-2H3,(H,19,22)/t12-/m1/s1. The first kappa shape index (κ1) is 18.1. The summed E-state index contributed by atoms with van der Waals surface area (Å²) in [7, 11) is 0. The third-order valence-corrected chi connectivity index (χ3v) is 3.54. The molecule has 130 valence electrons. The summed E-state index contributed by atoms with van der Waals surface area (Å²) in [5.74, 6) is -0.0606. The zero-order valence-electron chi connectivity index (χ0n) is 13.9. The maximum Gasteiger partial charge on any atom is 0.292 e. The number of carbonyl (C=O) groups excluding carboxylic acids is 2. The van der Waals surface area contributed by atoms with Crippen molar-refractivity contribution in [3.8, 4) is 5.75 Å². The van der Waals surface area contributed by atoms with E-state index in [0.717, 1.165) is 0 Å². The Morgan fingerprint density at radius 3 is 2.40 bits per heavy atom. The number of ether oxygens (including phenoxy) is 1. The van der Waals surface area contributed by atoms with Crippen LogP contribution in [0.3, 0.4) is 0 Å². The number of anilines is 1. The summed E-state index contributed by atoms with van der Waals surface area (Å²) >= 11 is 0. The normalized spacial score (nSPS) is 11.4. The van der Waals surface area contributed by atoms with Gasteiger partial charge in [-0.1, -0.05) is 19.1 Å². The van der Waals surface area contributed by atoms with E-state index in [2.05, 4.69) is 5.32 Å². The second kappa shape index (κ2) is 8.05. The van der Waals surface area contributed by atoms with Crippen molar-refractivity contribution in [2.24, 2.45) is 0 Å². The molecule has 0 aliphatic carbocycles. The second-order valence-corrected chi connectivity index (χ2v) is 5.32. The number of ketones is 1. The SMILES string of the molecule is CCC(=O)c1ccc(O[C@H](C)C(=O)Nc2ccccc2[N+](=O)[O-])cc1. The molecule has 0 aliphatic heterocycles. The van der Waals surface area contributed by atoms with E-state index in [4.69, 9.17) is 4.74 Å². The van der Waals surface area contributed by atoms with Gasteiger partial charge in [-0.2, -0.15) is 0 Å². The number of nitrogens with zero attached hydrogens (tertiary/aromatic N) is 1. The van der Waals surface area contributed by atoms with Crippen LogP contribution in [0.4, 0.5) is 11.4 Å². The molecule has 0 unspecified atom stereocenters. The smallest absolute Gasteiger partial charge is 0.292 e. The molecule has 0 aromatic heterocycles. The number of para-hydroxylation sites is 2. The average Bonchev–Trinajstić information content (AvgIpc) is 2.61. The van der Waals surface area contributed by atoms with Crippen LogP contribution >= 0.6 is 0 Å². The van der Waals surface area contributed by atoms with Crippen LogP contribution in [0.2, 0.25) is 0 Å². The molecular formula is C18H18N2O5. The lowest BCUT2D eigenvalue weighted by molar-refractivity contribution is -0.383. The Kier molecular flexibility index (Phi) is 5.84. The molecule has 0 heterocycles. The Morgan fingerprint density at radius 1 is 1.16 bits per heavy atom. The Hall–Kier alpha value is -3.22. The predicted molar refractivity (Wildman–Crippen MR) is 92.9 cm³/mol. The molecule has 0 bridgehead atoms. The first-order chi connectivity index (χ1) is 11.9. The van der Waals surface area contributed by atoms with E-state index in [1.807, 2.05) is 0 Å². The third kappa shape index (κ3) is 4.63. The van der Waals surface area contributed by atoms with Crippen LogP contribution in [0.25, 0.3) is 0 Å². The Balaban J connectivity index is 2.03. The molecular weight excluding hydrogens is 324 g/mol. The van der Waals surface area contributed by atoms with Crippen molar-refractivity contribution >= 4 is 23.1 Å². The monoisotopic (exact) mass is 342 g/mol. The van der Waals surface area contributed by atoms with Crippen molar-refractivity contribution in [1.82, 2.24) is 0 Å². The number of nitro groups is 1. The van der Waals surface area contributed by atoms with Gasteiger partial charge < -0.3 is 10.1 Å². The fraction of sp³-hybridized carbons (Fsp3) is 0.222. The molecule has 1 amide bonds. The Morgan fingerprint density at radius 2 is 1.80 bits per heavy atom. The average molecular weight is 342 g/mol. The van der Waals surface area contributed by atoms with Crippen molar-refractivity contribution in [1.29, 1.82) is 0 Å². The highest BCUT2D eigenvalue weighted by molar-refractivity contribution is 5.96. The predicted octanol–water partition coefficient (Wildman–Crippen LogP) is 3.59. The third-order valence-electron chi connectivity index (χ3n) is 3.54. The van der Waals surface area contributed by atoms with Crippen LogP contribution in [-0.2, 0) is 4.79 Å². The van der Waals surface area contributed by atoms with E-state index in [9.17, 15) is 19.7 Å².